The molecule has 1 aromatic heterocycles. The molecule has 0 aliphatic carbocycles. The third kappa shape index (κ3) is 2.51. The Balaban J connectivity index is 1.57. The summed E-state index contributed by atoms with van der Waals surface area (Å²) in [6, 6.07) is 3.31. The zero-order valence-electron chi connectivity index (χ0n) is 11.4. The van der Waals surface area contributed by atoms with Crippen molar-refractivity contribution in [1.82, 2.24) is 9.80 Å². The van der Waals surface area contributed by atoms with Crippen LogP contribution in [0.1, 0.15) is 23.4 Å². The van der Waals surface area contributed by atoms with Gasteiger partial charge >= 0.3 is 5.97 Å². The van der Waals surface area contributed by atoms with Crippen LogP contribution in [0, 0.1) is 5.92 Å². The van der Waals surface area contributed by atoms with E-state index in [4.69, 9.17) is 9.52 Å². The number of amides is 2. The predicted octanol–water partition coefficient (Wildman–Crippen LogP) is 0.427. The van der Waals surface area contributed by atoms with Crippen molar-refractivity contribution in [1.29, 1.82) is 0 Å². The van der Waals surface area contributed by atoms with E-state index in [1.807, 2.05) is 0 Å². The summed E-state index contributed by atoms with van der Waals surface area (Å²) in [7, 11) is 0. The van der Waals surface area contributed by atoms with Gasteiger partial charge in [0.15, 0.2) is 5.76 Å². The first-order valence-corrected chi connectivity index (χ1v) is 6.90. The van der Waals surface area contributed by atoms with E-state index in [2.05, 4.69) is 0 Å². The number of rotatable bonds is 4. The van der Waals surface area contributed by atoms with Crippen LogP contribution >= 0.6 is 0 Å². The van der Waals surface area contributed by atoms with Crippen molar-refractivity contribution in [3.8, 4) is 0 Å². The normalized spacial score (nSPS) is 23.6. The summed E-state index contributed by atoms with van der Waals surface area (Å²) in [4.78, 5) is 38.0. The molecule has 0 spiro atoms. The highest BCUT2D eigenvalue weighted by atomic mass is 16.4. The van der Waals surface area contributed by atoms with Gasteiger partial charge in [-0.2, -0.15) is 0 Å². The maximum absolute atomic E-state index is 12.2. The molecule has 3 rings (SSSR count). The summed E-state index contributed by atoms with van der Waals surface area (Å²) in [5, 5.41) is 8.61. The molecule has 2 amide bonds. The molecular weight excluding hydrogens is 276 g/mol. The number of hydrogen-bond donors (Lipinski definition) is 1. The Labute approximate surface area is 121 Å². The van der Waals surface area contributed by atoms with Crippen molar-refractivity contribution < 1.29 is 23.9 Å². The van der Waals surface area contributed by atoms with Crippen molar-refractivity contribution in [2.24, 2.45) is 5.92 Å². The number of carbonyl (C=O) groups excluding carboxylic acids is 2. The summed E-state index contributed by atoms with van der Waals surface area (Å²) in [6.07, 6.45) is 1.33. The summed E-state index contributed by atoms with van der Waals surface area (Å²) in [6.45, 7) is 1.71. The number of carbonyl (C=O) groups is 3. The standard InChI is InChI=1S/C14H16N2O5/c17-12(3-4-13(18)19)16-7-9-6-15(8-10(9)16)14(20)11-2-1-5-21-11/h1-2,5,9-10H,3-4,6-8H2,(H,18,19)/t9-,10+/m1/s1. The van der Waals surface area contributed by atoms with E-state index in [-0.39, 0.29) is 36.6 Å². The monoisotopic (exact) mass is 292 g/mol. The molecule has 3 heterocycles. The predicted molar refractivity (Wildman–Crippen MR) is 70.5 cm³/mol. The lowest BCUT2D eigenvalue weighted by Gasteiger charge is -2.43. The summed E-state index contributed by atoms with van der Waals surface area (Å²) < 4.78 is 5.10. The summed E-state index contributed by atoms with van der Waals surface area (Å²) in [5.74, 6) is -0.683. The van der Waals surface area contributed by atoms with E-state index in [0.29, 0.717) is 25.4 Å². The van der Waals surface area contributed by atoms with E-state index >= 15 is 0 Å². The highest BCUT2D eigenvalue weighted by Crippen LogP contribution is 2.33. The summed E-state index contributed by atoms with van der Waals surface area (Å²) >= 11 is 0. The van der Waals surface area contributed by atoms with E-state index in [1.165, 1.54) is 6.26 Å². The van der Waals surface area contributed by atoms with Crippen molar-refractivity contribution in [2.45, 2.75) is 18.9 Å². The molecule has 21 heavy (non-hydrogen) atoms. The Kier molecular flexibility index (Phi) is 3.40. The maximum atomic E-state index is 12.2. The van der Waals surface area contributed by atoms with Gasteiger partial charge in [0, 0.05) is 32.0 Å². The molecular formula is C14H16N2O5. The van der Waals surface area contributed by atoms with Gasteiger partial charge in [0.25, 0.3) is 5.91 Å². The van der Waals surface area contributed by atoms with Gasteiger partial charge in [-0.1, -0.05) is 0 Å². The molecule has 0 radical (unpaired) electrons. The second-order valence-corrected chi connectivity index (χ2v) is 5.45. The molecule has 2 saturated heterocycles. The molecule has 7 heteroatoms. The van der Waals surface area contributed by atoms with Crippen molar-refractivity contribution in [2.75, 3.05) is 19.6 Å². The zero-order chi connectivity index (χ0) is 15.0. The first kappa shape index (κ1) is 13.7. The molecule has 0 bridgehead atoms. The average molecular weight is 292 g/mol. The second kappa shape index (κ2) is 5.23. The van der Waals surface area contributed by atoms with Crippen LogP contribution in [0.4, 0.5) is 0 Å². The molecule has 112 valence electrons. The Hall–Kier alpha value is -2.31. The number of fused-ring (bicyclic) bond motifs is 1. The second-order valence-electron chi connectivity index (χ2n) is 5.45. The minimum atomic E-state index is -0.971. The van der Waals surface area contributed by atoms with Gasteiger partial charge in [0.1, 0.15) is 0 Å². The minimum absolute atomic E-state index is 0.0185. The van der Waals surface area contributed by atoms with Crippen LogP contribution in [0.25, 0.3) is 0 Å². The molecule has 0 saturated carbocycles. The quantitative estimate of drug-likeness (QED) is 0.869. The smallest absolute Gasteiger partial charge is 0.303 e. The molecule has 1 aromatic rings. The number of hydrogen-bond acceptors (Lipinski definition) is 4. The lowest BCUT2D eigenvalue weighted by molar-refractivity contribution is -0.145. The van der Waals surface area contributed by atoms with Gasteiger partial charge in [-0.3, -0.25) is 14.4 Å². The van der Waals surface area contributed by atoms with Gasteiger partial charge in [0.2, 0.25) is 5.91 Å². The number of carboxylic acids is 1. The maximum Gasteiger partial charge on any atom is 0.303 e. The fourth-order valence-corrected chi connectivity index (χ4v) is 3.00. The van der Waals surface area contributed by atoms with Gasteiger partial charge < -0.3 is 19.3 Å². The van der Waals surface area contributed by atoms with Crippen molar-refractivity contribution >= 4 is 17.8 Å². The fraction of sp³-hybridized carbons (Fsp3) is 0.500. The van der Waals surface area contributed by atoms with Crippen LogP contribution in [-0.2, 0) is 9.59 Å². The third-order valence-corrected chi connectivity index (χ3v) is 4.13. The number of nitrogens with zero attached hydrogens (tertiary/aromatic N) is 2. The van der Waals surface area contributed by atoms with Gasteiger partial charge in [-0.25, -0.2) is 0 Å². The highest BCUT2D eigenvalue weighted by molar-refractivity contribution is 5.92. The van der Waals surface area contributed by atoms with E-state index in [1.54, 1.807) is 21.9 Å². The Morgan fingerprint density at radius 1 is 1.24 bits per heavy atom. The highest BCUT2D eigenvalue weighted by Gasteiger charge is 2.48. The Morgan fingerprint density at radius 3 is 2.71 bits per heavy atom. The molecule has 2 fully saturated rings. The van der Waals surface area contributed by atoms with E-state index in [0.717, 1.165) is 0 Å². The average Bonchev–Trinajstić information content (AvgIpc) is 3.05. The molecule has 7 nitrogen and oxygen atoms in total. The van der Waals surface area contributed by atoms with Crippen LogP contribution in [0.2, 0.25) is 0 Å². The largest absolute Gasteiger partial charge is 0.481 e. The minimum Gasteiger partial charge on any atom is -0.481 e. The number of carboxylic acid groups (broad SMARTS) is 1. The van der Waals surface area contributed by atoms with Gasteiger partial charge in [-0.05, 0) is 12.1 Å². The number of furan rings is 1. The molecule has 0 unspecified atom stereocenters. The molecule has 2 aliphatic rings. The van der Waals surface area contributed by atoms with Crippen molar-refractivity contribution in [3.05, 3.63) is 24.2 Å². The van der Waals surface area contributed by atoms with Crippen molar-refractivity contribution in [3.63, 3.8) is 0 Å². The molecule has 1 N–H and O–H groups in total. The van der Waals surface area contributed by atoms with Crippen LogP contribution in [0.3, 0.4) is 0 Å². The molecule has 0 aromatic carbocycles. The van der Waals surface area contributed by atoms with Crippen LogP contribution < -0.4 is 0 Å². The van der Waals surface area contributed by atoms with Crippen LogP contribution in [0.15, 0.2) is 22.8 Å². The zero-order valence-corrected chi connectivity index (χ0v) is 11.4. The van der Waals surface area contributed by atoms with Crippen LogP contribution in [0.5, 0.6) is 0 Å². The lowest BCUT2D eigenvalue weighted by Crippen LogP contribution is -2.58. The lowest BCUT2D eigenvalue weighted by atomic mass is 9.91. The SMILES string of the molecule is O=C(O)CCC(=O)N1C[C@H]2CN(C(=O)c3ccco3)C[C@@H]21. The summed E-state index contributed by atoms with van der Waals surface area (Å²) in [5.41, 5.74) is 0. The van der Waals surface area contributed by atoms with E-state index < -0.39 is 5.97 Å². The topological polar surface area (TPSA) is 91.1 Å². The van der Waals surface area contributed by atoms with Gasteiger partial charge in [0.05, 0.1) is 18.7 Å². The number of likely N-dealkylation sites (tertiary alicyclic amines) is 2. The molecule has 2 atom stereocenters. The third-order valence-electron chi connectivity index (χ3n) is 4.13. The first-order valence-electron chi connectivity index (χ1n) is 6.90. The molecule has 2 aliphatic heterocycles. The fourth-order valence-electron chi connectivity index (χ4n) is 3.00. The number of aliphatic carboxylic acids is 1. The van der Waals surface area contributed by atoms with Gasteiger partial charge in [-0.15, -0.1) is 0 Å². The van der Waals surface area contributed by atoms with Crippen LogP contribution in [-0.4, -0.2) is 58.4 Å². The Bertz CT molecular complexity index is 568. The first-order chi connectivity index (χ1) is 10.1. The Morgan fingerprint density at radius 2 is 2.05 bits per heavy atom. The van der Waals surface area contributed by atoms with E-state index in [9.17, 15) is 14.4 Å².